The Morgan fingerprint density at radius 2 is 1.76 bits per heavy atom. The van der Waals surface area contributed by atoms with Crippen LogP contribution in [0.4, 0.5) is 4.39 Å². The summed E-state index contributed by atoms with van der Waals surface area (Å²) in [5, 5.41) is 8.96. The van der Waals surface area contributed by atoms with Crippen LogP contribution in [-0.4, -0.2) is 31.1 Å². The Balaban J connectivity index is 1.45. The van der Waals surface area contributed by atoms with Crippen LogP contribution in [0.15, 0.2) is 77.7 Å². The van der Waals surface area contributed by atoms with Gasteiger partial charge in [0.05, 0.1) is 22.6 Å². The monoisotopic (exact) mass is 462 g/mol. The smallest absolute Gasteiger partial charge is 0.243 e. The number of hydrogen-bond donors (Lipinski definition) is 0. The highest BCUT2D eigenvalue weighted by Crippen LogP contribution is 2.28. The number of carbonyl (C=O) groups excluding carboxylic acids is 1. The molecule has 0 aromatic heterocycles. The van der Waals surface area contributed by atoms with E-state index >= 15 is 0 Å². The molecule has 0 aliphatic carbocycles. The molecule has 0 unspecified atom stereocenters. The van der Waals surface area contributed by atoms with Gasteiger partial charge in [0, 0.05) is 13.0 Å². The van der Waals surface area contributed by atoms with E-state index in [0.29, 0.717) is 24.8 Å². The molecule has 0 bridgehead atoms. The fourth-order valence-corrected chi connectivity index (χ4v) is 5.85. The first kappa shape index (κ1) is 22.8. The van der Waals surface area contributed by atoms with E-state index in [1.807, 2.05) is 36.4 Å². The Bertz CT molecular complexity index is 1300. The molecular weight excluding hydrogens is 439 g/mol. The minimum absolute atomic E-state index is 0.00119. The molecule has 3 aromatic carbocycles. The van der Waals surface area contributed by atoms with Gasteiger partial charge < -0.3 is 0 Å². The molecule has 0 radical (unpaired) electrons. The zero-order chi connectivity index (χ0) is 23.4. The van der Waals surface area contributed by atoms with Crippen molar-refractivity contribution in [3.05, 3.63) is 89.7 Å². The van der Waals surface area contributed by atoms with Crippen molar-refractivity contribution < 1.29 is 17.6 Å². The van der Waals surface area contributed by atoms with Crippen molar-refractivity contribution in [1.29, 1.82) is 5.26 Å². The van der Waals surface area contributed by atoms with Crippen molar-refractivity contribution in [2.24, 2.45) is 0 Å². The summed E-state index contributed by atoms with van der Waals surface area (Å²) in [5.74, 6) is -0.617. The van der Waals surface area contributed by atoms with Gasteiger partial charge in [-0.1, -0.05) is 36.4 Å². The molecule has 1 saturated heterocycles. The largest absolute Gasteiger partial charge is 0.298 e. The maximum Gasteiger partial charge on any atom is 0.243 e. The van der Waals surface area contributed by atoms with Crippen LogP contribution in [0.1, 0.15) is 30.4 Å². The van der Waals surface area contributed by atoms with E-state index in [0.717, 1.165) is 28.8 Å². The first-order chi connectivity index (χ1) is 15.9. The molecule has 168 valence electrons. The zero-order valence-corrected chi connectivity index (χ0v) is 18.8. The molecule has 1 aliphatic rings. The number of ketones is 1. The van der Waals surface area contributed by atoms with Crippen molar-refractivity contribution in [1.82, 2.24) is 4.31 Å². The maximum absolute atomic E-state index is 13.2. The highest BCUT2D eigenvalue weighted by atomic mass is 32.2. The first-order valence-corrected chi connectivity index (χ1v) is 12.2. The lowest BCUT2D eigenvalue weighted by Crippen LogP contribution is -2.40. The van der Waals surface area contributed by atoms with Crippen LogP contribution in [-0.2, 0) is 21.2 Å². The summed E-state index contributed by atoms with van der Waals surface area (Å²) in [6, 6.07) is 21.3. The van der Waals surface area contributed by atoms with Gasteiger partial charge in [-0.05, 0) is 72.4 Å². The normalized spacial score (nSPS) is 16.4. The standard InChI is InChI=1S/C26H23FN2O3S/c27-23-11-13-24(14-12-23)33(31,32)29-16-2-5-25(29)26(30)15-8-19-3-1-4-22(17-19)21-9-6-20(18-28)7-10-21/h1,3-4,6-7,9-14,17,25H,2,5,8,15-16H2/t25-/m0/s1. The number of hydrogen-bond acceptors (Lipinski definition) is 4. The molecule has 4 rings (SSSR count). The van der Waals surface area contributed by atoms with Crippen LogP contribution in [0.5, 0.6) is 0 Å². The van der Waals surface area contributed by atoms with Gasteiger partial charge in [0.1, 0.15) is 5.82 Å². The number of aryl methyl sites for hydroxylation is 1. The Labute approximate surface area is 193 Å². The number of sulfonamides is 1. The number of Topliss-reactive ketones (excluding diaryl/α,β-unsaturated/α-hetero) is 1. The summed E-state index contributed by atoms with van der Waals surface area (Å²) in [6.45, 7) is 0.282. The third-order valence-electron chi connectivity index (χ3n) is 5.93. The van der Waals surface area contributed by atoms with E-state index < -0.39 is 21.9 Å². The molecule has 0 saturated carbocycles. The molecule has 1 atom stereocenters. The molecule has 1 fully saturated rings. The summed E-state index contributed by atoms with van der Waals surface area (Å²) >= 11 is 0. The lowest BCUT2D eigenvalue weighted by atomic mass is 9.98. The van der Waals surface area contributed by atoms with Gasteiger partial charge in [0.25, 0.3) is 0 Å². The fraction of sp³-hybridized carbons (Fsp3) is 0.231. The minimum atomic E-state index is -3.86. The molecule has 5 nitrogen and oxygen atoms in total. The van der Waals surface area contributed by atoms with Crippen molar-refractivity contribution in [3.63, 3.8) is 0 Å². The van der Waals surface area contributed by atoms with Gasteiger partial charge in [-0.15, -0.1) is 0 Å². The van der Waals surface area contributed by atoms with Crippen LogP contribution < -0.4 is 0 Å². The second kappa shape index (κ2) is 9.65. The molecule has 7 heteroatoms. The topological polar surface area (TPSA) is 78.2 Å². The Hall–Kier alpha value is -3.34. The summed E-state index contributed by atoms with van der Waals surface area (Å²) < 4.78 is 40.5. The van der Waals surface area contributed by atoms with Crippen molar-refractivity contribution >= 4 is 15.8 Å². The van der Waals surface area contributed by atoms with Gasteiger partial charge in [-0.3, -0.25) is 4.79 Å². The van der Waals surface area contributed by atoms with E-state index in [9.17, 15) is 17.6 Å². The number of nitrogens with zero attached hydrogens (tertiary/aromatic N) is 2. The summed E-state index contributed by atoms with van der Waals surface area (Å²) in [5.41, 5.74) is 3.55. The fourth-order valence-electron chi connectivity index (χ4n) is 4.17. The van der Waals surface area contributed by atoms with E-state index in [1.54, 1.807) is 12.1 Å². The summed E-state index contributed by atoms with van der Waals surface area (Å²) in [4.78, 5) is 13.0. The molecule has 0 N–H and O–H groups in total. The lowest BCUT2D eigenvalue weighted by molar-refractivity contribution is -0.122. The number of nitriles is 1. The van der Waals surface area contributed by atoms with Gasteiger partial charge in [-0.2, -0.15) is 9.57 Å². The van der Waals surface area contributed by atoms with Crippen molar-refractivity contribution in [2.45, 2.75) is 36.6 Å². The lowest BCUT2D eigenvalue weighted by Gasteiger charge is -2.23. The molecule has 0 amide bonds. The zero-order valence-electron chi connectivity index (χ0n) is 17.9. The molecule has 3 aromatic rings. The molecule has 1 aliphatic heterocycles. The minimum Gasteiger partial charge on any atom is -0.298 e. The summed E-state index contributed by atoms with van der Waals surface area (Å²) in [7, 11) is -3.86. The number of benzene rings is 3. The third kappa shape index (κ3) is 5.03. The van der Waals surface area contributed by atoms with Crippen LogP contribution in [0, 0.1) is 17.1 Å². The third-order valence-corrected chi connectivity index (χ3v) is 7.85. The molecule has 0 spiro atoms. The van der Waals surface area contributed by atoms with E-state index in [4.69, 9.17) is 5.26 Å². The highest BCUT2D eigenvalue weighted by Gasteiger charge is 2.38. The molecule has 1 heterocycles. The van der Waals surface area contributed by atoms with Crippen molar-refractivity contribution in [3.8, 4) is 17.2 Å². The number of rotatable bonds is 7. The van der Waals surface area contributed by atoms with Crippen LogP contribution in [0.25, 0.3) is 11.1 Å². The van der Waals surface area contributed by atoms with Gasteiger partial charge in [0.2, 0.25) is 10.0 Å². The van der Waals surface area contributed by atoms with E-state index in [-0.39, 0.29) is 23.6 Å². The van der Waals surface area contributed by atoms with Crippen LogP contribution >= 0.6 is 0 Å². The van der Waals surface area contributed by atoms with Gasteiger partial charge in [0.15, 0.2) is 5.78 Å². The SMILES string of the molecule is N#Cc1ccc(-c2cccc(CCC(=O)[C@@H]3CCCN3S(=O)(=O)c3ccc(F)cc3)c2)cc1. The maximum atomic E-state index is 13.2. The molecule has 33 heavy (non-hydrogen) atoms. The summed E-state index contributed by atoms with van der Waals surface area (Å²) in [6.07, 6.45) is 1.84. The average Bonchev–Trinajstić information content (AvgIpc) is 3.34. The predicted octanol–water partition coefficient (Wildman–Crippen LogP) is 4.72. The Morgan fingerprint density at radius 3 is 2.45 bits per heavy atom. The Kier molecular flexibility index (Phi) is 6.68. The number of halogens is 1. The molecular formula is C26H23FN2O3S. The average molecular weight is 463 g/mol. The second-order valence-corrected chi connectivity index (χ2v) is 9.97. The predicted molar refractivity (Wildman–Crippen MR) is 123 cm³/mol. The van der Waals surface area contributed by atoms with Crippen molar-refractivity contribution in [2.75, 3.05) is 6.54 Å². The van der Waals surface area contributed by atoms with Crippen LogP contribution in [0.2, 0.25) is 0 Å². The quantitative estimate of drug-likeness (QED) is 0.509. The van der Waals surface area contributed by atoms with Gasteiger partial charge in [-0.25, -0.2) is 12.8 Å². The van der Waals surface area contributed by atoms with Crippen LogP contribution in [0.3, 0.4) is 0 Å². The highest BCUT2D eigenvalue weighted by molar-refractivity contribution is 7.89. The number of carbonyl (C=O) groups is 1. The van der Waals surface area contributed by atoms with E-state index in [1.165, 1.54) is 16.4 Å². The van der Waals surface area contributed by atoms with E-state index in [2.05, 4.69) is 6.07 Å². The van der Waals surface area contributed by atoms with Gasteiger partial charge >= 0.3 is 0 Å². The second-order valence-electron chi connectivity index (χ2n) is 8.08. The Morgan fingerprint density at radius 1 is 1.03 bits per heavy atom. The first-order valence-electron chi connectivity index (χ1n) is 10.8.